The molecule has 1 amide bonds. The number of halogens is 1. The third kappa shape index (κ3) is 4.92. The van der Waals surface area contributed by atoms with Crippen molar-refractivity contribution in [3.05, 3.63) is 34.9 Å². The van der Waals surface area contributed by atoms with E-state index >= 15 is 0 Å². The maximum atomic E-state index is 12.1. The first-order valence-electron chi connectivity index (χ1n) is 7.02. The fourth-order valence-electron chi connectivity index (χ4n) is 2.39. The Morgan fingerprint density at radius 2 is 1.96 bits per heavy atom. The molecular weight excluding hydrogens is 344 g/mol. The van der Waals surface area contributed by atoms with Gasteiger partial charge < -0.3 is 10.4 Å². The summed E-state index contributed by atoms with van der Waals surface area (Å²) in [6.45, 7) is 0.00629. The largest absolute Gasteiger partial charge is 0.481 e. The van der Waals surface area contributed by atoms with E-state index in [1.807, 2.05) is 0 Å². The van der Waals surface area contributed by atoms with E-state index in [9.17, 15) is 18.0 Å². The monoisotopic (exact) mass is 360 g/mol. The van der Waals surface area contributed by atoms with Crippen LogP contribution in [0, 0.1) is 0 Å². The van der Waals surface area contributed by atoms with Crippen LogP contribution in [0.3, 0.4) is 0 Å². The van der Waals surface area contributed by atoms with Crippen LogP contribution in [0.5, 0.6) is 0 Å². The van der Waals surface area contributed by atoms with Crippen LogP contribution in [0.2, 0.25) is 5.02 Å². The molecule has 1 aromatic rings. The summed E-state index contributed by atoms with van der Waals surface area (Å²) in [4.78, 5) is 23.1. The molecule has 0 aliphatic carbocycles. The number of carbonyl (C=O) groups is 2. The molecule has 0 aromatic heterocycles. The Morgan fingerprint density at radius 3 is 2.48 bits per heavy atom. The van der Waals surface area contributed by atoms with E-state index in [0.29, 0.717) is 23.6 Å². The minimum absolute atomic E-state index is 0.0377. The first-order valence-corrected chi connectivity index (χ1v) is 9.01. The van der Waals surface area contributed by atoms with E-state index in [1.165, 1.54) is 0 Å². The molecule has 1 aliphatic rings. The molecule has 1 atom stereocenters. The summed E-state index contributed by atoms with van der Waals surface area (Å²) >= 11 is 5.80. The van der Waals surface area contributed by atoms with Gasteiger partial charge in [-0.2, -0.15) is 4.31 Å². The van der Waals surface area contributed by atoms with Crippen molar-refractivity contribution in [1.82, 2.24) is 9.62 Å². The second kappa shape index (κ2) is 7.29. The molecule has 7 nitrogen and oxygen atoms in total. The first kappa shape index (κ1) is 17.7. The Bertz CT molecular complexity index is 690. The lowest BCUT2D eigenvalue weighted by atomic mass is 10.0. The van der Waals surface area contributed by atoms with Crippen LogP contribution in [0.15, 0.2) is 24.3 Å². The molecular formula is C14H17ClN2O5S. The third-order valence-electron chi connectivity index (χ3n) is 3.51. The molecule has 1 saturated heterocycles. The number of rotatable bonds is 6. The van der Waals surface area contributed by atoms with Crippen molar-refractivity contribution in [2.75, 3.05) is 18.8 Å². The van der Waals surface area contributed by atoms with E-state index in [2.05, 4.69) is 5.32 Å². The van der Waals surface area contributed by atoms with Crippen LogP contribution >= 0.6 is 11.6 Å². The molecule has 126 valence electrons. The molecule has 1 heterocycles. The average Bonchev–Trinajstić information content (AvgIpc) is 2.77. The van der Waals surface area contributed by atoms with Gasteiger partial charge in [-0.25, -0.2) is 8.42 Å². The SMILES string of the molecule is O=C(O)C[C@H](NC(=O)CN1CCCS1(=O)=O)c1ccc(Cl)cc1. The number of carboxylic acid groups (broad SMARTS) is 1. The fourth-order valence-corrected chi connectivity index (χ4v) is 3.99. The zero-order chi connectivity index (χ0) is 17.0. The smallest absolute Gasteiger partial charge is 0.305 e. The highest BCUT2D eigenvalue weighted by molar-refractivity contribution is 7.89. The number of hydrogen-bond donors (Lipinski definition) is 2. The summed E-state index contributed by atoms with van der Waals surface area (Å²) in [5, 5.41) is 12.1. The highest BCUT2D eigenvalue weighted by Gasteiger charge is 2.30. The number of benzene rings is 1. The van der Waals surface area contributed by atoms with E-state index in [-0.39, 0.29) is 18.7 Å². The Hall–Kier alpha value is -1.64. The molecule has 0 saturated carbocycles. The Balaban J connectivity index is 2.06. The molecule has 0 spiro atoms. The molecule has 2 N–H and O–H groups in total. The number of nitrogens with one attached hydrogen (secondary N) is 1. The highest BCUT2D eigenvalue weighted by Crippen LogP contribution is 2.20. The molecule has 0 unspecified atom stereocenters. The maximum absolute atomic E-state index is 12.1. The van der Waals surface area contributed by atoms with Crippen LogP contribution in [0.25, 0.3) is 0 Å². The third-order valence-corrected chi connectivity index (χ3v) is 5.66. The standard InChI is InChI=1S/C14H17ClN2O5S/c15-11-4-2-10(3-5-11)12(8-14(19)20)16-13(18)9-17-6-1-7-23(17,21)22/h2-5,12H,1,6-9H2,(H,16,18)(H,19,20)/t12-/m0/s1. The number of carbonyl (C=O) groups excluding carboxylic acids is 1. The molecule has 0 radical (unpaired) electrons. The van der Waals surface area contributed by atoms with Crippen molar-refractivity contribution in [3.63, 3.8) is 0 Å². The van der Waals surface area contributed by atoms with E-state index in [4.69, 9.17) is 16.7 Å². The Morgan fingerprint density at radius 1 is 1.30 bits per heavy atom. The summed E-state index contributed by atoms with van der Waals surface area (Å²) in [6, 6.07) is 5.71. The minimum Gasteiger partial charge on any atom is -0.481 e. The van der Waals surface area contributed by atoms with Gasteiger partial charge in [-0.1, -0.05) is 23.7 Å². The van der Waals surface area contributed by atoms with Gasteiger partial charge in [0.05, 0.1) is 24.8 Å². The molecule has 2 rings (SSSR count). The van der Waals surface area contributed by atoms with Gasteiger partial charge in [0.15, 0.2) is 0 Å². The van der Waals surface area contributed by atoms with Gasteiger partial charge in [-0.3, -0.25) is 9.59 Å². The number of amides is 1. The van der Waals surface area contributed by atoms with Gasteiger partial charge in [0.1, 0.15) is 0 Å². The lowest BCUT2D eigenvalue weighted by Crippen LogP contribution is -2.40. The van der Waals surface area contributed by atoms with Crippen molar-refractivity contribution in [2.45, 2.75) is 18.9 Å². The summed E-state index contributed by atoms with van der Waals surface area (Å²) in [5.41, 5.74) is 0.592. The van der Waals surface area contributed by atoms with E-state index in [1.54, 1.807) is 24.3 Å². The molecule has 1 aromatic carbocycles. The van der Waals surface area contributed by atoms with Crippen LogP contribution in [0.4, 0.5) is 0 Å². The predicted molar refractivity (Wildman–Crippen MR) is 84.6 cm³/mol. The predicted octanol–water partition coefficient (Wildman–Crippen LogP) is 1.01. The van der Waals surface area contributed by atoms with Crippen LogP contribution in [-0.2, 0) is 19.6 Å². The lowest BCUT2D eigenvalue weighted by Gasteiger charge is -2.20. The number of sulfonamides is 1. The van der Waals surface area contributed by atoms with E-state index < -0.39 is 27.9 Å². The normalized spacial score (nSPS) is 18.5. The van der Waals surface area contributed by atoms with Gasteiger partial charge in [-0.15, -0.1) is 0 Å². The van der Waals surface area contributed by atoms with E-state index in [0.717, 1.165) is 4.31 Å². The van der Waals surface area contributed by atoms with Gasteiger partial charge in [-0.05, 0) is 24.1 Å². The highest BCUT2D eigenvalue weighted by atomic mass is 35.5. The quantitative estimate of drug-likeness (QED) is 0.787. The first-order chi connectivity index (χ1) is 10.8. The maximum Gasteiger partial charge on any atom is 0.305 e. The second-order valence-electron chi connectivity index (χ2n) is 5.27. The van der Waals surface area contributed by atoms with Gasteiger partial charge in [0, 0.05) is 11.6 Å². The topological polar surface area (TPSA) is 104 Å². The summed E-state index contributed by atoms with van der Waals surface area (Å²) in [7, 11) is -3.37. The fraction of sp³-hybridized carbons (Fsp3) is 0.429. The van der Waals surface area contributed by atoms with Gasteiger partial charge >= 0.3 is 5.97 Å². The summed E-state index contributed by atoms with van der Waals surface area (Å²) in [5.74, 6) is -1.56. The number of aliphatic carboxylic acids is 1. The number of hydrogen-bond acceptors (Lipinski definition) is 4. The zero-order valence-corrected chi connectivity index (χ0v) is 13.8. The second-order valence-corrected chi connectivity index (χ2v) is 7.80. The Kier molecular flexibility index (Phi) is 5.61. The van der Waals surface area contributed by atoms with Crippen LogP contribution in [0.1, 0.15) is 24.4 Å². The van der Waals surface area contributed by atoms with Crippen molar-refractivity contribution in [3.8, 4) is 0 Å². The Labute approximate surface area is 139 Å². The minimum atomic E-state index is -3.37. The van der Waals surface area contributed by atoms with Crippen molar-refractivity contribution in [2.24, 2.45) is 0 Å². The molecule has 9 heteroatoms. The van der Waals surface area contributed by atoms with Gasteiger partial charge in [0.2, 0.25) is 15.9 Å². The van der Waals surface area contributed by atoms with Crippen LogP contribution in [-0.4, -0.2) is 48.5 Å². The summed E-state index contributed by atoms with van der Waals surface area (Å²) < 4.78 is 24.5. The molecule has 0 bridgehead atoms. The average molecular weight is 361 g/mol. The van der Waals surface area contributed by atoms with Crippen molar-refractivity contribution >= 4 is 33.5 Å². The van der Waals surface area contributed by atoms with Crippen molar-refractivity contribution in [1.29, 1.82) is 0 Å². The van der Waals surface area contributed by atoms with Crippen molar-refractivity contribution < 1.29 is 23.1 Å². The number of nitrogens with zero attached hydrogens (tertiary/aromatic N) is 1. The summed E-state index contributed by atoms with van der Waals surface area (Å²) in [6.07, 6.45) is 0.186. The van der Waals surface area contributed by atoms with Gasteiger partial charge in [0.25, 0.3) is 0 Å². The zero-order valence-electron chi connectivity index (χ0n) is 12.2. The molecule has 1 aliphatic heterocycles. The molecule has 1 fully saturated rings. The lowest BCUT2D eigenvalue weighted by molar-refractivity contribution is -0.137. The molecule has 23 heavy (non-hydrogen) atoms. The number of carboxylic acids is 1. The van der Waals surface area contributed by atoms with Crippen LogP contribution < -0.4 is 5.32 Å².